The fraction of sp³-hybridized carbons (Fsp3) is 0.667. The topological polar surface area (TPSA) is 18.5 Å². The molecule has 0 rings (SSSR count). The lowest BCUT2D eigenvalue weighted by molar-refractivity contribution is 0.125. The average Bonchev–Trinajstić information content (AvgIpc) is 1.83. The minimum atomic E-state index is 0.507. The Hall–Kier alpha value is -0.500. The van der Waals surface area contributed by atoms with Crippen LogP contribution in [0.25, 0.3) is 0 Å². The highest BCUT2D eigenvalue weighted by molar-refractivity contribution is 4.80. The van der Waals surface area contributed by atoms with Crippen molar-refractivity contribution < 1.29 is 9.47 Å². The molecule has 0 aromatic carbocycles. The van der Waals surface area contributed by atoms with Gasteiger partial charge in [0.25, 0.3) is 0 Å². The monoisotopic (exact) mass is 116 g/mol. The normalized spacial score (nSPS) is 8.75. The summed E-state index contributed by atoms with van der Waals surface area (Å²) in [5.74, 6) is 0.673. The summed E-state index contributed by atoms with van der Waals surface area (Å²) in [4.78, 5) is 0. The van der Waals surface area contributed by atoms with Crippen molar-refractivity contribution in [2.24, 2.45) is 0 Å². The van der Waals surface area contributed by atoms with E-state index in [0.717, 1.165) is 0 Å². The molecule has 0 radical (unpaired) electrons. The molecule has 0 heterocycles. The lowest BCUT2D eigenvalue weighted by atomic mass is 10.6. The second-order valence-corrected chi connectivity index (χ2v) is 1.38. The van der Waals surface area contributed by atoms with E-state index in [1.165, 1.54) is 0 Å². The largest absolute Gasteiger partial charge is 0.499 e. The van der Waals surface area contributed by atoms with Crippen molar-refractivity contribution in [3.05, 3.63) is 12.3 Å². The quantitative estimate of drug-likeness (QED) is 0.513. The molecular formula is C6H12O2. The average molecular weight is 116 g/mol. The predicted molar refractivity (Wildman–Crippen MR) is 32.6 cm³/mol. The second kappa shape index (κ2) is 4.65. The summed E-state index contributed by atoms with van der Waals surface area (Å²) < 4.78 is 9.69. The summed E-state index contributed by atoms with van der Waals surface area (Å²) in [6.07, 6.45) is 0. The first-order valence-corrected chi connectivity index (χ1v) is 2.60. The van der Waals surface area contributed by atoms with Gasteiger partial charge in [0.05, 0.1) is 7.11 Å². The van der Waals surface area contributed by atoms with Crippen molar-refractivity contribution >= 4 is 0 Å². The Morgan fingerprint density at radius 3 is 2.62 bits per heavy atom. The van der Waals surface area contributed by atoms with E-state index in [4.69, 9.17) is 9.47 Å². The van der Waals surface area contributed by atoms with Gasteiger partial charge in [-0.2, -0.15) is 0 Å². The van der Waals surface area contributed by atoms with Crippen LogP contribution in [0.3, 0.4) is 0 Å². The molecule has 0 aliphatic carbocycles. The highest BCUT2D eigenvalue weighted by Gasteiger charge is 1.87. The maximum atomic E-state index is 4.96. The summed E-state index contributed by atoms with van der Waals surface area (Å²) in [7, 11) is 1.58. The van der Waals surface area contributed by atoms with Crippen molar-refractivity contribution in [2.75, 3.05) is 20.3 Å². The zero-order valence-electron chi connectivity index (χ0n) is 5.44. The van der Waals surface area contributed by atoms with Crippen molar-refractivity contribution in [1.82, 2.24) is 0 Å². The first-order valence-electron chi connectivity index (χ1n) is 2.60. The van der Waals surface area contributed by atoms with Crippen LogP contribution in [-0.2, 0) is 9.47 Å². The molecular weight excluding hydrogens is 104 g/mol. The molecule has 0 saturated carbocycles. The number of methoxy groups -OCH3 is 1. The van der Waals surface area contributed by atoms with Gasteiger partial charge in [-0.1, -0.05) is 6.58 Å². The van der Waals surface area contributed by atoms with Gasteiger partial charge >= 0.3 is 0 Å². The summed E-state index contributed by atoms with van der Waals surface area (Å²) in [6, 6.07) is 0. The third kappa shape index (κ3) is 3.68. The molecule has 2 nitrogen and oxygen atoms in total. The fourth-order valence-corrected chi connectivity index (χ4v) is 0.275. The van der Waals surface area contributed by atoms with E-state index in [9.17, 15) is 0 Å². The minimum absolute atomic E-state index is 0.507. The van der Waals surface area contributed by atoms with Gasteiger partial charge in [-0.15, -0.1) is 0 Å². The Kier molecular flexibility index (Phi) is 4.36. The van der Waals surface area contributed by atoms with Gasteiger partial charge in [0.2, 0.25) is 0 Å². The number of hydrogen-bond donors (Lipinski definition) is 0. The molecule has 0 aromatic heterocycles. The summed E-state index contributed by atoms with van der Waals surface area (Å²) in [5, 5.41) is 0. The van der Waals surface area contributed by atoms with E-state index in [1.807, 2.05) is 6.92 Å². The van der Waals surface area contributed by atoms with E-state index in [-0.39, 0.29) is 0 Å². The standard InChI is InChI=1S/C6H12O2/c1-4-8-5-6(2)7-3/h2,4-5H2,1,3H3. The summed E-state index contributed by atoms with van der Waals surface area (Å²) >= 11 is 0. The molecule has 0 spiro atoms. The van der Waals surface area contributed by atoms with Gasteiger partial charge < -0.3 is 9.47 Å². The van der Waals surface area contributed by atoms with Gasteiger partial charge in [-0.3, -0.25) is 0 Å². The maximum Gasteiger partial charge on any atom is 0.114 e. The predicted octanol–water partition coefficient (Wildman–Crippen LogP) is 1.18. The Morgan fingerprint density at radius 1 is 1.62 bits per heavy atom. The Bertz CT molecular complexity index is 68.9. The molecule has 0 aromatic rings. The Morgan fingerprint density at radius 2 is 2.25 bits per heavy atom. The first-order chi connectivity index (χ1) is 3.81. The third-order valence-electron chi connectivity index (χ3n) is 0.756. The molecule has 0 aliphatic rings. The van der Waals surface area contributed by atoms with Crippen molar-refractivity contribution in [1.29, 1.82) is 0 Å². The lowest BCUT2D eigenvalue weighted by Crippen LogP contribution is -1.97. The van der Waals surface area contributed by atoms with Crippen LogP contribution in [0, 0.1) is 0 Å². The SMILES string of the molecule is C=C(COCC)OC. The van der Waals surface area contributed by atoms with Crippen LogP contribution in [0.1, 0.15) is 6.92 Å². The summed E-state index contributed by atoms with van der Waals surface area (Å²) in [6.45, 7) is 6.71. The lowest BCUT2D eigenvalue weighted by Gasteiger charge is -2.01. The van der Waals surface area contributed by atoms with Crippen molar-refractivity contribution in [3.63, 3.8) is 0 Å². The van der Waals surface area contributed by atoms with Crippen LogP contribution in [-0.4, -0.2) is 20.3 Å². The van der Waals surface area contributed by atoms with Gasteiger partial charge in [0.15, 0.2) is 0 Å². The van der Waals surface area contributed by atoms with Crippen LogP contribution in [0.15, 0.2) is 12.3 Å². The van der Waals surface area contributed by atoms with E-state index in [2.05, 4.69) is 6.58 Å². The van der Waals surface area contributed by atoms with Crippen LogP contribution in [0.4, 0.5) is 0 Å². The molecule has 0 N–H and O–H groups in total. The molecule has 48 valence electrons. The van der Waals surface area contributed by atoms with Crippen molar-refractivity contribution in [2.45, 2.75) is 6.92 Å². The zero-order chi connectivity index (χ0) is 6.41. The Balaban J connectivity index is 2.99. The van der Waals surface area contributed by atoms with E-state index < -0.39 is 0 Å². The molecule has 2 heteroatoms. The third-order valence-corrected chi connectivity index (χ3v) is 0.756. The smallest absolute Gasteiger partial charge is 0.114 e. The van der Waals surface area contributed by atoms with E-state index in [1.54, 1.807) is 7.11 Å². The molecule has 0 fully saturated rings. The molecule has 0 atom stereocenters. The zero-order valence-corrected chi connectivity index (χ0v) is 5.44. The molecule has 0 amide bonds. The van der Waals surface area contributed by atoms with Gasteiger partial charge in [0, 0.05) is 6.61 Å². The van der Waals surface area contributed by atoms with E-state index >= 15 is 0 Å². The number of ether oxygens (including phenoxy) is 2. The van der Waals surface area contributed by atoms with Crippen LogP contribution in [0.2, 0.25) is 0 Å². The van der Waals surface area contributed by atoms with Gasteiger partial charge in [-0.05, 0) is 6.92 Å². The summed E-state index contributed by atoms with van der Waals surface area (Å²) in [5.41, 5.74) is 0. The minimum Gasteiger partial charge on any atom is -0.499 e. The molecule has 0 bridgehead atoms. The van der Waals surface area contributed by atoms with E-state index in [0.29, 0.717) is 19.0 Å². The van der Waals surface area contributed by atoms with Crippen LogP contribution in [0.5, 0.6) is 0 Å². The highest BCUT2D eigenvalue weighted by Crippen LogP contribution is 1.89. The first kappa shape index (κ1) is 7.50. The van der Waals surface area contributed by atoms with Crippen LogP contribution >= 0.6 is 0 Å². The van der Waals surface area contributed by atoms with Gasteiger partial charge in [0.1, 0.15) is 12.4 Å². The number of hydrogen-bond acceptors (Lipinski definition) is 2. The maximum absolute atomic E-state index is 4.96. The molecule has 0 saturated heterocycles. The second-order valence-electron chi connectivity index (χ2n) is 1.38. The molecule has 8 heavy (non-hydrogen) atoms. The number of rotatable bonds is 4. The van der Waals surface area contributed by atoms with Gasteiger partial charge in [-0.25, -0.2) is 0 Å². The van der Waals surface area contributed by atoms with Crippen molar-refractivity contribution in [3.8, 4) is 0 Å². The highest BCUT2D eigenvalue weighted by atomic mass is 16.5. The Labute approximate surface area is 50.1 Å². The fourth-order valence-electron chi connectivity index (χ4n) is 0.275. The molecule has 0 unspecified atom stereocenters. The van der Waals surface area contributed by atoms with Crippen LogP contribution < -0.4 is 0 Å². The molecule has 0 aliphatic heterocycles.